The molecule has 3 aromatic rings. The number of nitrogens with zero attached hydrogens (tertiary/aromatic N) is 3. The van der Waals surface area contributed by atoms with Crippen molar-refractivity contribution < 1.29 is 4.79 Å². The third-order valence-electron chi connectivity index (χ3n) is 5.35. The van der Waals surface area contributed by atoms with Gasteiger partial charge in [-0.3, -0.25) is 4.79 Å². The second-order valence-corrected chi connectivity index (χ2v) is 8.59. The largest absolute Gasteiger partial charge is 0.354 e. The van der Waals surface area contributed by atoms with E-state index in [1.807, 2.05) is 55.5 Å². The maximum atomic E-state index is 13.0. The van der Waals surface area contributed by atoms with Crippen LogP contribution in [0.25, 0.3) is 0 Å². The van der Waals surface area contributed by atoms with Gasteiger partial charge in [0, 0.05) is 30.4 Å². The van der Waals surface area contributed by atoms with Crippen molar-refractivity contribution in [3.05, 3.63) is 78.6 Å². The molecule has 154 valence electrons. The first-order chi connectivity index (χ1) is 14.7. The Balaban J connectivity index is 1.45. The third kappa shape index (κ3) is 5.00. The van der Waals surface area contributed by atoms with Crippen LogP contribution in [0.1, 0.15) is 31.4 Å². The van der Waals surface area contributed by atoms with Crippen molar-refractivity contribution in [2.45, 2.75) is 35.7 Å². The Morgan fingerprint density at radius 3 is 2.53 bits per heavy atom. The minimum Gasteiger partial charge on any atom is -0.354 e. The van der Waals surface area contributed by atoms with Crippen molar-refractivity contribution in [2.75, 3.05) is 18.0 Å². The number of carbonyl (C=O) groups excluding carboxylic acids is 1. The second-order valence-electron chi connectivity index (χ2n) is 7.53. The van der Waals surface area contributed by atoms with Crippen LogP contribution in [0.3, 0.4) is 0 Å². The average molecular weight is 419 g/mol. The summed E-state index contributed by atoms with van der Waals surface area (Å²) in [5.74, 6) is 0.915. The van der Waals surface area contributed by atoms with Crippen LogP contribution in [0.4, 0.5) is 5.82 Å². The van der Waals surface area contributed by atoms with E-state index in [9.17, 15) is 4.79 Å². The number of rotatable bonds is 6. The van der Waals surface area contributed by atoms with Gasteiger partial charge in [-0.25, -0.2) is 9.97 Å². The molecule has 1 amide bonds. The molecule has 0 aliphatic carbocycles. The maximum Gasteiger partial charge on any atom is 0.225 e. The van der Waals surface area contributed by atoms with E-state index in [-0.39, 0.29) is 17.9 Å². The van der Waals surface area contributed by atoms with Gasteiger partial charge in [0.1, 0.15) is 5.03 Å². The summed E-state index contributed by atoms with van der Waals surface area (Å²) < 4.78 is 0. The third-order valence-corrected chi connectivity index (χ3v) is 6.34. The van der Waals surface area contributed by atoms with Gasteiger partial charge in [0.2, 0.25) is 5.91 Å². The van der Waals surface area contributed by atoms with Crippen molar-refractivity contribution in [3.63, 3.8) is 0 Å². The lowest BCUT2D eigenvalue weighted by atomic mass is 9.96. The number of nitrogens with one attached hydrogen (secondary N) is 1. The minimum atomic E-state index is -0.0542. The summed E-state index contributed by atoms with van der Waals surface area (Å²) in [4.78, 5) is 25.5. The van der Waals surface area contributed by atoms with Crippen LogP contribution in [0, 0.1) is 5.92 Å². The Labute approximate surface area is 181 Å². The number of anilines is 1. The lowest BCUT2D eigenvalue weighted by Gasteiger charge is -2.34. The lowest BCUT2D eigenvalue weighted by Crippen LogP contribution is -2.44. The number of benzene rings is 2. The molecule has 2 atom stereocenters. The summed E-state index contributed by atoms with van der Waals surface area (Å²) >= 11 is 1.61. The zero-order chi connectivity index (χ0) is 20.8. The average Bonchev–Trinajstić information content (AvgIpc) is 2.81. The van der Waals surface area contributed by atoms with Crippen LogP contribution < -0.4 is 10.2 Å². The summed E-state index contributed by atoms with van der Waals surface area (Å²) in [6.45, 7) is 3.58. The maximum absolute atomic E-state index is 13.0. The molecule has 30 heavy (non-hydrogen) atoms. The molecular formula is C24H26N4OS. The first-order valence-corrected chi connectivity index (χ1v) is 11.2. The fourth-order valence-electron chi connectivity index (χ4n) is 3.75. The van der Waals surface area contributed by atoms with Crippen LogP contribution in [0.2, 0.25) is 0 Å². The summed E-state index contributed by atoms with van der Waals surface area (Å²) in [6.07, 6.45) is 5.31. The van der Waals surface area contributed by atoms with Gasteiger partial charge < -0.3 is 10.2 Å². The summed E-state index contributed by atoms with van der Waals surface area (Å²) in [5, 5.41) is 4.06. The molecule has 6 heteroatoms. The molecule has 1 N–H and O–H groups in total. The number of piperidine rings is 1. The molecule has 1 saturated heterocycles. The zero-order valence-corrected chi connectivity index (χ0v) is 17.9. The van der Waals surface area contributed by atoms with Crippen molar-refractivity contribution in [1.82, 2.24) is 15.3 Å². The predicted octanol–water partition coefficient (Wildman–Crippen LogP) is 4.72. The molecule has 0 saturated carbocycles. The van der Waals surface area contributed by atoms with Crippen molar-refractivity contribution >= 4 is 23.5 Å². The molecule has 0 bridgehead atoms. The Hall–Kier alpha value is -2.86. The smallest absolute Gasteiger partial charge is 0.225 e. The molecule has 1 fully saturated rings. The molecular weight excluding hydrogens is 392 g/mol. The van der Waals surface area contributed by atoms with Gasteiger partial charge in [-0.15, -0.1) is 0 Å². The van der Waals surface area contributed by atoms with Crippen LogP contribution in [0.15, 0.2) is 83.0 Å². The SMILES string of the molecule is CC(NC(=O)C1CCCN(c2nccnc2Sc2ccccc2)C1)c1ccccc1. The number of hydrogen-bond donors (Lipinski definition) is 1. The molecule has 1 aliphatic heterocycles. The van der Waals surface area contributed by atoms with Gasteiger partial charge in [-0.05, 0) is 37.5 Å². The van der Waals surface area contributed by atoms with Crippen LogP contribution in [0.5, 0.6) is 0 Å². The Morgan fingerprint density at radius 1 is 1.07 bits per heavy atom. The van der Waals surface area contributed by atoms with Crippen LogP contribution in [-0.2, 0) is 4.79 Å². The van der Waals surface area contributed by atoms with Crippen LogP contribution in [-0.4, -0.2) is 29.0 Å². The standard InChI is InChI=1S/C24H26N4OS/c1-18(19-9-4-2-5-10-19)27-23(29)20-11-8-16-28(17-20)22-24(26-15-14-25-22)30-21-12-6-3-7-13-21/h2-7,9-10,12-15,18,20H,8,11,16-17H2,1H3,(H,27,29). The normalized spacial score (nSPS) is 17.4. The van der Waals surface area contributed by atoms with E-state index >= 15 is 0 Å². The topological polar surface area (TPSA) is 58.1 Å². The van der Waals surface area contributed by atoms with Crippen molar-refractivity contribution in [1.29, 1.82) is 0 Å². The zero-order valence-electron chi connectivity index (χ0n) is 17.1. The number of aromatic nitrogens is 2. The van der Waals surface area contributed by atoms with E-state index in [0.717, 1.165) is 40.7 Å². The Kier molecular flexibility index (Phi) is 6.64. The lowest BCUT2D eigenvalue weighted by molar-refractivity contribution is -0.125. The van der Waals surface area contributed by atoms with E-state index in [1.165, 1.54) is 0 Å². The van der Waals surface area contributed by atoms with E-state index in [2.05, 4.69) is 32.3 Å². The van der Waals surface area contributed by atoms with Crippen molar-refractivity contribution in [3.8, 4) is 0 Å². The molecule has 4 rings (SSSR count). The molecule has 2 heterocycles. The van der Waals surface area contributed by atoms with Gasteiger partial charge in [0.25, 0.3) is 0 Å². The van der Waals surface area contributed by atoms with E-state index in [1.54, 1.807) is 24.2 Å². The quantitative estimate of drug-likeness (QED) is 0.628. The van der Waals surface area contributed by atoms with Gasteiger partial charge in [-0.1, -0.05) is 60.3 Å². The fourth-order valence-corrected chi connectivity index (χ4v) is 4.65. The highest BCUT2D eigenvalue weighted by atomic mass is 32.2. The number of amides is 1. The van der Waals surface area contributed by atoms with Gasteiger partial charge in [0.05, 0.1) is 12.0 Å². The Bertz CT molecular complexity index is 967. The fraction of sp³-hybridized carbons (Fsp3) is 0.292. The molecule has 2 aromatic carbocycles. The monoisotopic (exact) mass is 418 g/mol. The van der Waals surface area contributed by atoms with Crippen molar-refractivity contribution in [2.24, 2.45) is 5.92 Å². The highest BCUT2D eigenvalue weighted by Gasteiger charge is 2.29. The number of hydrogen-bond acceptors (Lipinski definition) is 5. The summed E-state index contributed by atoms with van der Waals surface area (Å²) in [6, 6.07) is 20.3. The van der Waals surface area contributed by atoms with E-state index in [0.29, 0.717) is 6.54 Å². The van der Waals surface area contributed by atoms with Crippen LogP contribution >= 0.6 is 11.8 Å². The van der Waals surface area contributed by atoms with Gasteiger partial charge in [-0.2, -0.15) is 0 Å². The van der Waals surface area contributed by atoms with Gasteiger partial charge in [0.15, 0.2) is 5.82 Å². The molecule has 1 aliphatic rings. The van der Waals surface area contributed by atoms with E-state index in [4.69, 9.17) is 0 Å². The predicted molar refractivity (Wildman–Crippen MR) is 121 cm³/mol. The van der Waals surface area contributed by atoms with Gasteiger partial charge >= 0.3 is 0 Å². The first kappa shape index (κ1) is 20.4. The molecule has 0 radical (unpaired) electrons. The second kappa shape index (κ2) is 9.76. The van der Waals surface area contributed by atoms with E-state index < -0.39 is 0 Å². The molecule has 1 aromatic heterocycles. The number of carbonyl (C=O) groups is 1. The minimum absolute atomic E-state index is 0.00482. The molecule has 5 nitrogen and oxygen atoms in total. The summed E-state index contributed by atoms with van der Waals surface area (Å²) in [5.41, 5.74) is 1.12. The highest BCUT2D eigenvalue weighted by molar-refractivity contribution is 7.99. The Morgan fingerprint density at radius 2 is 1.77 bits per heavy atom. The molecule has 2 unspecified atom stereocenters. The highest BCUT2D eigenvalue weighted by Crippen LogP contribution is 2.34. The molecule has 0 spiro atoms. The summed E-state index contributed by atoms with van der Waals surface area (Å²) in [7, 11) is 0. The first-order valence-electron chi connectivity index (χ1n) is 10.3.